The molecule has 29 heavy (non-hydrogen) atoms. The number of ether oxygens (including phenoxy) is 1. The highest BCUT2D eigenvalue weighted by atomic mass is 32.1. The Morgan fingerprint density at radius 3 is 2.59 bits per heavy atom. The topological polar surface area (TPSA) is 116 Å². The van der Waals surface area contributed by atoms with Gasteiger partial charge in [-0.3, -0.25) is 14.5 Å². The Kier molecular flexibility index (Phi) is 5.12. The van der Waals surface area contributed by atoms with Crippen molar-refractivity contribution in [1.29, 1.82) is 0 Å². The highest BCUT2D eigenvalue weighted by Crippen LogP contribution is 2.21. The van der Waals surface area contributed by atoms with E-state index in [0.29, 0.717) is 16.3 Å². The number of aromatic nitrogens is 7. The maximum absolute atomic E-state index is 12.6. The van der Waals surface area contributed by atoms with Crippen molar-refractivity contribution in [2.45, 2.75) is 6.54 Å². The van der Waals surface area contributed by atoms with Crippen LogP contribution in [0.1, 0.15) is 0 Å². The van der Waals surface area contributed by atoms with E-state index in [4.69, 9.17) is 17.0 Å². The first-order valence-electron chi connectivity index (χ1n) is 8.57. The number of rotatable bonds is 6. The Bertz CT molecular complexity index is 1160. The van der Waals surface area contributed by atoms with Crippen LogP contribution in [0.2, 0.25) is 0 Å². The van der Waals surface area contributed by atoms with E-state index >= 15 is 0 Å². The maximum atomic E-state index is 12.6. The zero-order valence-electron chi connectivity index (χ0n) is 15.3. The van der Waals surface area contributed by atoms with Gasteiger partial charge in [0.05, 0.1) is 12.8 Å². The summed E-state index contributed by atoms with van der Waals surface area (Å²) in [6.07, 6.45) is 1.49. The van der Waals surface area contributed by atoms with E-state index in [1.807, 2.05) is 24.3 Å². The molecule has 0 aliphatic carbocycles. The van der Waals surface area contributed by atoms with Crippen molar-refractivity contribution < 1.29 is 9.53 Å². The van der Waals surface area contributed by atoms with Gasteiger partial charge in [-0.2, -0.15) is 5.10 Å². The standard InChI is InChI=1S/C18H16N8O2S/c1-28-15-8-2-12(3-9-15)17-21-22-18(29)25(17)10-16(27)20-13-4-6-14(7-5-13)26-11-19-23-24-26/h2-9,11H,10H2,1H3,(H,20,27)(H,22,29). The van der Waals surface area contributed by atoms with E-state index in [1.165, 1.54) is 11.0 Å². The molecule has 1 amide bonds. The van der Waals surface area contributed by atoms with Crippen molar-refractivity contribution in [3.63, 3.8) is 0 Å². The van der Waals surface area contributed by atoms with Crippen molar-refractivity contribution >= 4 is 23.8 Å². The maximum Gasteiger partial charge on any atom is 0.244 e. The lowest BCUT2D eigenvalue weighted by Crippen LogP contribution is -2.19. The summed E-state index contributed by atoms with van der Waals surface area (Å²) in [6, 6.07) is 14.5. The van der Waals surface area contributed by atoms with Gasteiger partial charge >= 0.3 is 0 Å². The number of nitrogens with one attached hydrogen (secondary N) is 2. The lowest BCUT2D eigenvalue weighted by molar-refractivity contribution is -0.116. The highest BCUT2D eigenvalue weighted by Gasteiger charge is 2.13. The van der Waals surface area contributed by atoms with Crippen LogP contribution in [0.5, 0.6) is 5.75 Å². The van der Waals surface area contributed by atoms with Gasteiger partial charge < -0.3 is 10.1 Å². The molecule has 2 heterocycles. The van der Waals surface area contributed by atoms with Crippen LogP contribution in [0.25, 0.3) is 17.1 Å². The molecule has 146 valence electrons. The molecule has 2 aromatic carbocycles. The molecule has 0 saturated heterocycles. The second-order valence-electron chi connectivity index (χ2n) is 6.02. The first-order valence-corrected chi connectivity index (χ1v) is 8.98. The van der Waals surface area contributed by atoms with Crippen molar-refractivity contribution in [2.75, 3.05) is 12.4 Å². The largest absolute Gasteiger partial charge is 0.497 e. The quantitative estimate of drug-likeness (QED) is 0.470. The number of amides is 1. The van der Waals surface area contributed by atoms with Crippen molar-refractivity contribution in [2.24, 2.45) is 0 Å². The number of hydrogen-bond donors (Lipinski definition) is 2. The number of carbonyl (C=O) groups excluding carboxylic acids is 1. The Morgan fingerprint density at radius 1 is 1.17 bits per heavy atom. The highest BCUT2D eigenvalue weighted by molar-refractivity contribution is 7.71. The summed E-state index contributed by atoms with van der Waals surface area (Å²) in [7, 11) is 1.60. The zero-order valence-corrected chi connectivity index (χ0v) is 16.1. The minimum absolute atomic E-state index is 0.0193. The molecule has 11 heteroatoms. The monoisotopic (exact) mass is 408 g/mol. The summed E-state index contributed by atoms with van der Waals surface area (Å²) < 4.78 is 8.70. The zero-order chi connectivity index (χ0) is 20.2. The van der Waals surface area contributed by atoms with Gasteiger partial charge in [0.1, 0.15) is 18.6 Å². The molecule has 0 radical (unpaired) electrons. The average Bonchev–Trinajstić information content (AvgIpc) is 3.40. The molecule has 0 bridgehead atoms. The molecule has 4 rings (SSSR count). The summed E-state index contributed by atoms with van der Waals surface area (Å²) in [4.78, 5) is 12.6. The third kappa shape index (κ3) is 4.04. The third-order valence-electron chi connectivity index (χ3n) is 4.17. The molecular weight excluding hydrogens is 392 g/mol. The molecule has 0 aliphatic heterocycles. The van der Waals surface area contributed by atoms with Gasteiger partial charge in [0.2, 0.25) is 5.91 Å². The number of anilines is 1. The first kappa shape index (κ1) is 18.5. The van der Waals surface area contributed by atoms with Gasteiger partial charge in [0, 0.05) is 11.3 Å². The van der Waals surface area contributed by atoms with Gasteiger partial charge in [-0.15, -0.1) is 5.10 Å². The van der Waals surface area contributed by atoms with E-state index < -0.39 is 0 Å². The van der Waals surface area contributed by atoms with E-state index in [-0.39, 0.29) is 12.5 Å². The SMILES string of the molecule is COc1ccc(-c2n[nH]c(=S)n2CC(=O)Nc2ccc(-n3cnnn3)cc2)cc1. The summed E-state index contributed by atoms with van der Waals surface area (Å²) in [5, 5.41) is 20.8. The number of carbonyl (C=O) groups is 1. The molecule has 2 N–H and O–H groups in total. The van der Waals surface area contributed by atoms with Crippen LogP contribution in [0.3, 0.4) is 0 Å². The molecule has 4 aromatic rings. The van der Waals surface area contributed by atoms with E-state index in [9.17, 15) is 4.79 Å². The van der Waals surface area contributed by atoms with Gasteiger partial charge in [0.15, 0.2) is 10.6 Å². The van der Waals surface area contributed by atoms with Crippen molar-refractivity contribution in [3.8, 4) is 22.8 Å². The van der Waals surface area contributed by atoms with Crippen LogP contribution in [0.4, 0.5) is 5.69 Å². The minimum Gasteiger partial charge on any atom is -0.497 e. The lowest BCUT2D eigenvalue weighted by atomic mass is 10.2. The van der Waals surface area contributed by atoms with Gasteiger partial charge in [-0.1, -0.05) is 0 Å². The number of nitrogens with zero attached hydrogens (tertiary/aromatic N) is 6. The van der Waals surface area contributed by atoms with Crippen LogP contribution >= 0.6 is 12.2 Å². The molecule has 0 saturated carbocycles. The summed E-state index contributed by atoms with van der Waals surface area (Å²) in [6.45, 7) is 0.0193. The van der Waals surface area contributed by atoms with Crippen LogP contribution in [0, 0.1) is 4.77 Å². The fraction of sp³-hybridized carbons (Fsp3) is 0.111. The normalized spacial score (nSPS) is 10.7. The number of methoxy groups -OCH3 is 1. The van der Waals surface area contributed by atoms with E-state index in [1.54, 1.807) is 35.9 Å². The minimum atomic E-state index is -0.229. The number of hydrogen-bond acceptors (Lipinski definition) is 7. The fourth-order valence-electron chi connectivity index (χ4n) is 2.75. The predicted molar refractivity (Wildman–Crippen MR) is 107 cm³/mol. The average molecular weight is 408 g/mol. The van der Waals surface area contributed by atoms with Crippen LogP contribution < -0.4 is 10.1 Å². The molecule has 0 unspecified atom stereocenters. The van der Waals surface area contributed by atoms with Gasteiger partial charge in [-0.05, 0) is 71.2 Å². The Morgan fingerprint density at radius 2 is 1.93 bits per heavy atom. The molecule has 10 nitrogen and oxygen atoms in total. The lowest BCUT2D eigenvalue weighted by Gasteiger charge is -2.09. The van der Waals surface area contributed by atoms with Crippen LogP contribution in [-0.2, 0) is 11.3 Å². The molecular formula is C18H16N8O2S. The molecule has 0 atom stereocenters. The second kappa shape index (κ2) is 8.02. The van der Waals surface area contributed by atoms with Crippen molar-refractivity contribution in [3.05, 3.63) is 59.6 Å². The fourth-order valence-corrected chi connectivity index (χ4v) is 2.94. The number of benzene rings is 2. The number of H-pyrrole nitrogens is 1. The summed E-state index contributed by atoms with van der Waals surface area (Å²) >= 11 is 5.29. The summed E-state index contributed by atoms with van der Waals surface area (Å²) in [5.41, 5.74) is 2.25. The van der Waals surface area contributed by atoms with Crippen LogP contribution in [0.15, 0.2) is 54.9 Å². The predicted octanol–water partition coefficient (Wildman–Crippen LogP) is 2.23. The van der Waals surface area contributed by atoms with Crippen LogP contribution in [-0.4, -0.2) is 48.0 Å². The first-order chi connectivity index (χ1) is 14.1. The van der Waals surface area contributed by atoms with E-state index in [0.717, 1.165) is 17.0 Å². The molecule has 0 aliphatic rings. The smallest absolute Gasteiger partial charge is 0.244 e. The molecule has 0 spiro atoms. The molecule has 0 fully saturated rings. The second-order valence-corrected chi connectivity index (χ2v) is 6.40. The Balaban J connectivity index is 1.48. The van der Waals surface area contributed by atoms with Crippen molar-refractivity contribution in [1.82, 2.24) is 35.0 Å². The third-order valence-corrected chi connectivity index (χ3v) is 4.48. The Labute approximate surface area is 170 Å². The molecule has 2 aromatic heterocycles. The number of tetrazole rings is 1. The van der Waals surface area contributed by atoms with Gasteiger partial charge in [0.25, 0.3) is 0 Å². The van der Waals surface area contributed by atoms with E-state index in [2.05, 4.69) is 31.0 Å². The number of aromatic amines is 1. The summed E-state index contributed by atoms with van der Waals surface area (Å²) in [5.74, 6) is 1.08. The van der Waals surface area contributed by atoms with Gasteiger partial charge in [-0.25, -0.2) is 4.68 Å². The Hall–Kier alpha value is -3.86.